The van der Waals surface area contributed by atoms with Crippen molar-refractivity contribution in [2.24, 2.45) is 7.05 Å². The molecule has 0 N–H and O–H groups in total. The molecule has 2 unspecified atom stereocenters. The normalized spacial score (nSPS) is 17.1. The summed E-state index contributed by atoms with van der Waals surface area (Å²) in [4.78, 5) is 14.1. The SMILES string of the molecule is CCc1ccccc1N1C(C)Cc2cc(-c3cnn(C)c3)ccc2C1c1ccc(/C=C/C(=O)OC)cc1. The number of benzene rings is 3. The fourth-order valence-electron chi connectivity index (χ4n) is 5.42. The first-order chi connectivity index (χ1) is 18.0. The van der Waals surface area contributed by atoms with Crippen LogP contribution in [0.5, 0.6) is 0 Å². The van der Waals surface area contributed by atoms with Gasteiger partial charge in [0.2, 0.25) is 0 Å². The van der Waals surface area contributed by atoms with Crippen molar-refractivity contribution in [2.75, 3.05) is 12.0 Å². The second-order valence-electron chi connectivity index (χ2n) is 9.68. The van der Waals surface area contributed by atoms with Gasteiger partial charge < -0.3 is 9.64 Å². The predicted molar refractivity (Wildman–Crippen MR) is 149 cm³/mol. The number of carbonyl (C=O) groups excluding carboxylic acids is 1. The van der Waals surface area contributed by atoms with Gasteiger partial charge in [-0.25, -0.2) is 4.79 Å². The van der Waals surface area contributed by atoms with Crippen molar-refractivity contribution in [1.82, 2.24) is 9.78 Å². The van der Waals surface area contributed by atoms with Crippen molar-refractivity contribution in [1.29, 1.82) is 0 Å². The van der Waals surface area contributed by atoms with Gasteiger partial charge in [0.15, 0.2) is 0 Å². The largest absolute Gasteiger partial charge is 0.466 e. The molecule has 0 spiro atoms. The third-order valence-corrected chi connectivity index (χ3v) is 7.26. The van der Waals surface area contributed by atoms with Crippen LogP contribution in [0.4, 0.5) is 5.69 Å². The molecule has 0 amide bonds. The highest BCUT2D eigenvalue weighted by atomic mass is 16.5. The van der Waals surface area contributed by atoms with E-state index in [1.54, 1.807) is 6.08 Å². The first kappa shape index (κ1) is 24.6. The molecule has 2 atom stereocenters. The average Bonchev–Trinajstić information content (AvgIpc) is 3.37. The number of aryl methyl sites for hydroxylation is 2. The Hall–Kier alpha value is -4.12. The number of anilines is 1. The van der Waals surface area contributed by atoms with Crippen LogP contribution in [0.1, 0.15) is 47.7 Å². The summed E-state index contributed by atoms with van der Waals surface area (Å²) in [6.45, 7) is 4.55. The number of carbonyl (C=O) groups is 1. The highest BCUT2D eigenvalue weighted by Crippen LogP contribution is 2.43. The third kappa shape index (κ3) is 4.94. The third-order valence-electron chi connectivity index (χ3n) is 7.26. The minimum Gasteiger partial charge on any atom is -0.466 e. The summed E-state index contributed by atoms with van der Waals surface area (Å²) in [7, 11) is 3.34. The predicted octanol–water partition coefficient (Wildman–Crippen LogP) is 6.38. The average molecular weight is 492 g/mol. The van der Waals surface area contributed by atoms with Gasteiger partial charge in [0.1, 0.15) is 0 Å². The van der Waals surface area contributed by atoms with Crippen LogP contribution in [0, 0.1) is 0 Å². The lowest BCUT2D eigenvalue weighted by molar-refractivity contribution is -0.134. The van der Waals surface area contributed by atoms with Crippen molar-refractivity contribution in [3.63, 3.8) is 0 Å². The van der Waals surface area contributed by atoms with Gasteiger partial charge in [-0.1, -0.05) is 67.6 Å². The van der Waals surface area contributed by atoms with Gasteiger partial charge in [0, 0.05) is 36.6 Å². The van der Waals surface area contributed by atoms with Gasteiger partial charge in [0.05, 0.1) is 19.3 Å². The molecule has 5 rings (SSSR count). The van der Waals surface area contributed by atoms with Crippen molar-refractivity contribution in [2.45, 2.75) is 38.8 Å². The Morgan fingerprint density at radius 3 is 2.57 bits per heavy atom. The van der Waals surface area contributed by atoms with Crippen LogP contribution in [0.2, 0.25) is 0 Å². The van der Waals surface area contributed by atoms with Crippen molar-refractivity contribution >= 4 is 17.7 Å². The summed E-state index contributed by atoms with van der Waals surface area (Å²) in [5.74, 6) is -0.356. The number of aromatic nitrogens is 2. The first-order valence-electron chi connectivity index (χ1n) is 12.8. The molecule has 2 heterocycles. The molecule has 1 aliphatic rings. The number of fused-ring (bicyclic) bond motifs is 1. The van der Waals surface area contributed by atoms with E-state index in [1.807, 2.05) is 17.9 Å². The van der Waals surface area contributed by atoms with Gasteiger partial charge in [-0.15, -0.1) is 0 Å². The Labute approximate surface area is 219 Å². The highest BCUT2D eigenvalue weighted by Gasteiger charge is 2.34. The molecule has 5 heteroatoms. The number of methoxy groups -OCH3 is 1. The van der Waals surface area contributed by atoms with E-state index in [0.717, 1.165) is 24.0 Å². The molecule has 1 aliphatic heterocycles. The van der Waals surface area contributed by atoms with E-state index < -0.39 is 0 Å². The molecule has 0 bridgehead atoms. The monoisotopic (exact) mass is 491 g/mol. The van der Waals surface area contributed by atoms with Crippen LogP contribution in [-0.2, 0) is 29.4 Å². The summed E-state index contributed by atoms with van der Waals surface area (Å²) in [5.41, 5.74) is 9.87. The lowest BCUT2D eigenvalue weighted by Crippen LogP contribution is -2.43. The van der Waals surface area contributed by atoms with E-state index in [9.17, 15) is 4.79 Å². The van der Waals surface area contributed by atoms with E-state index in [4.69, 9.17) is 4.74 Å². The van der Waals surface area contributed by atoms with Crippen molar-refractivity contribution in [3.05, 3.63) is 113 Å². The number of ether oxygens (including phenoxy) is 1. The fourth-order valence-corrected chi connectivity index (χ4v) is 5.42. The minimum absolute atomic E-state index is 0.0769. The van der Waals surface area contributed by atoms with Gasteiger partial charge in [0.25, 0.3) is 0 Å². The van der Waals surface area contributed by atoms with Crippen LogP contribution >= 0.6 is 0 Å². The Bertz CT molecular complexity index is 1430. The van der Waals surface area contributed by atoms with E-state index in [0.29, 0.717) is 6.04 Å². The maximum atomic E-state index is 11.5. The Kier molecular flexibility index (Phi) is 6.95. The summed E-state index contributed by atoms with van der Waals surface area (Å²) < 4.78 is 6.58. The molecule has 5 nitrogen and oxygen atoms in total. The van der Waals surface area contributed by atoms with Gasteiger partial charge in [-0.05, 0) is 65.3 Å². The van der Waals surface area contributed by atoms with Gasteiger partial charge >= 0.3 is 5.97 Å². The molecule has 0 saturated carbocycles. The van der Waals surface area contributed by atoms with Crippen LogP contribution in [0.25, 0.3) is 17.2 Å². The maximum Gasteiger partial charge on any atom is 0.330 e. The lowest BCUT2D eigenvalue weighted by atomic mass is 9.82. The first-order valence-corrected chi connectivity index (χ1v) is 12.8. The summed E-state index contributed by atoms with van der Waals surface area (Å²) >= 11 is 0. The summed E-state index contributed by atoms with van der Waals surface area (Å²) in [6, 6.07) is 24.5. The molecule has 188 valence electrons. The molecule has 3 aromatic carbocycles. The van der Waals surface area contributed by atoms with Gasteiger partial charge in [-0.2, -0.15) is 5.10 Å². The van der Waals surface area contributed by atoms with E-state index in [-0.39, 0.29) is 12.0 Å². The maximum absolute atomic E-state index is 11.5. The number of para-hydroxylation sites is 1. The topological polar surface area (TPSA) is 47.4 Å². The Morgan fingerprint density at radius 2 is 1.86 bits per heavy atom. The van der Waals surface area contributed by atoms with Crippen molar-refractivity contribution in [3.8, 4) is 11.1 Å². The second-order valence-corrected chi connectivity index (χ2v) is 9.68. The zero-order valence-corrected chi connectivity index (χ0v) is 21.9. The van der Waals surface area contributed by atoms with Crippen LogP contribution < -0.4 is 4.90 Å². The number of nitrogens with zero attached hydrogens (tertiary/aromatic N) is 3. The zero-order valence-electron chi connectivity index (χ0n) is 21.9. The van der Waals surface area contributed by atoms with Crippen LogP contribution in [0.3, 0.4) is 0 Å². The molecule has 1 aromatic heterocycles. The molecule has 37 heavy (non-hydrogen) atoms. The quantitative estimate of drug-likeness (QED) is 0.232. The highest BCUT2D eigenvalue weighted by molar-refractivity contribution is 5.86. The lowest BCUT2D eigenvalue weighted by Gasteiger charge is -2.45. The second kappa shape index (κ2) is 10.5. The Balaban J connectivity index is 1.61. The van der Waals surface area contributed by atoms with Crippen molar-refractivity contribution < 1.29 is 9.53 Å². The number of rotatable bonds is 6. The molecular weight excluding hydrogens is 458 g/mol. The number of esters is 1. The summed E-state index contributed by atoms with van der Waals surface area (Å²) in [6.07, 6.45) is 9.19. The zero-order chi connectivity index (χ0) is 25.9. The molecule has 4 aromatic rings. The number of hydrogen-bond acceptors (Lipinski definition) is 4. The smallest absolute Gasteiger partial charge is 0.330 e. The molecule has 0 fully saturated rings. The van der Waals surface area contributed by atoms with Gasteiger partial charge in [-0.3, -0.25) is 4.68 Å². The molecule has 0 saturated heterocycles. The molecule has 0 radical (unpaired) electrons. The van der Waals surface area contributed by atoms with E-state index in [1.165, 1.54) is 46.7 Å². The van der Waals surface area contributed by atoms with Crippen LogP contribution in [-0.4, -0.2) is 28.9 Å². The minimum atomic E-state index is -0.356. The standard InChI is InChI=1S/C32H33N3O2/c1-5-24-8-6-7-9-30(24)35-22(2)18-27-19-26(28-20-33-34(3)21-28)15-16-29(27)32(35)25-13-10-23(11-14-25)12-17-31(36)37-4/h6-17,19-22,32H,5,18H2,1-4H3/b17-12+. The van der Waals surface area contributed by atoms with E-state index in [2.05, 4.69) is 96.8 Å². The fraction of sp³-hybridized carbons (Fsp3) is 0.250. The molecular formula is C32H33N3O2. The molecule has 0 aliphatic carbocycles. The summed E-state index contributed by atoms with van der Waals surface area (Å²) in [5, 5.41) is 4.37. The Morgan fingerprint density at radius 1 is 1.08 bits per heavy atom. The van der Waals surface area contributed by atoms with E-state index >= 15 is 0 Å². The number of hydrogen-bond donors (Lipinski definition) is 0. The van der Waals surface area contributed by atoms with Crippen LogP contribution in [0.15, 0.2) is 85.2 Å².